The maximum Gasteiger partial charge on any atom is 0.326 e. The lowest BCUT2D eigenvalue weighted by molar-refractivity contribution is -0.881. The molecule has 0 radical (unpaired) electrons. The highest BCUT2D eigenvalue weighted by atomic mass is 16.5. The van der Waals surface area contributed by atoms with E-state index in [9.17, 15) is 43.5 Å². The second kappa shape index (κ2) is 44.0. The Morgan fingerprint density at radius 1 is 0.441 bits per heavy atom. The van der Waals surface area contributed by atoms with E-state index in [-0.39, 0.29) is 140 Å². The van der Waals surface area contributed by atoms with Gasteiger partial charge in [0.1, 0.15) is 25.0 Å². The lowest BCUT2D eigenvalue weighted by atomic mass is 10.0. The van der Waals surface area contributed by atoms with Gasteiger partial charge in [-0.25, -0.2) is 4.79 Å². The van der Waals surface area contributed by atoms with Crippen LogP contribution in [0.15, 0.2) is 0 Å². The first-order valence-corrected chi connectivity index (χ1v) is 25.0. The van der Waals surface area contributed by atoms with Gasteiger partial charge in [0.2, 0.25) is 23.6 Å². The monoisotopic (exact) mass is 974 g/mol. The van der Waals surface area contributed by atoms with Crippen LogP contribution in [0.25, 0.3) is 0 Å². The number of aliphatic carboxylic acids is 2. The average Bonchev–Trinajstić information content (AvgIpc) is 3.27. The van der Waals surface area contributed by atoms with Crippen molar-refractivity contribution in [2.45, 2.75) is 154 Å². The predicted octanol–water partition coefficient (Wildman–Crippen LogP) is 3.42. The molecule has 0 saturated heterocycles. The minimum atomic E-state index is -1.18. The third-order valence-corrected chi connectivity index (χ3v) is 10.8. The Bertz CT molecular complexity index is 1400. The first-order valence-electron chi connectivity index (χ1n) is 25.0. The summed E-state index contributed by atoms with van der Waals surface area (Å²) in [5, 5.41) is 31.8. The quantitative estimate of drug-likeness (QED) is 0.0340. The second-order valence-electron chi connectivity index (χ2n) is 17.9. The van der Waals surface area contributed by atoms with E-state index in [1.165, 1.54) is 38.5 Å². The zero-order chi connectivity index (χ0) is 50.5. The Balaban J connectivity index is 3.82. The van der Waals surface area contributed by atoms with Crippen molar-refractivity contribution in [1.29, 1.82) is 0 Å². The van der Waals surface area contributed by atoms with Gasteiger partial charge in [-0.15, -0.1) is 0 Å². The molecule has 0 aromatic heterocycles. The summed E-state index contributed by atoms with van der Waals surface area (Å²) < 4.78 is 21.7. The van der Waals surface area contributed by atoms with Crippen LogP contribution in [0, 0.1) is 0 Å². The number of nitrogens with zero attached hydrogens (tertiary/aromatic N) is 1. The van der Waals surface area contributed by atoms with Gasteiger partial charge >= 0.3 is 11.9 Å². The summed E-state index contributed by atoms with van der Waals surface area (Å²) in [7, 11) is 3.71. The van der Waals surface area contributed by atoms with E-state index in [1.54, 1.807) is 6.92 Å². The Morgan fingerprint density at radius 3 is 1.37 bits per heavy atom. The minimum absolute atomic E-state index is 0.0309. The summed E-state index contributed by atoms with van der Waals surface area (Å²) in [6.07, 6.45) is 18.5. The van der Waals surface area contributed by atoms with Gasteiger partial charge in [0.25, 0.3) is 5.91 Å². The smallest absolute Gasteiger partial charge is 0.326 e. The van der Waals surface area contributed by atoms with Crippen molar-refractivity contribution in [1.82, 2.24) is 26.6 Å². The number of unbranched alkanes of at least 4 members (excludes halogenated alkanes) is 15. The number of quaternary nitrogens is 1. The largest absolute Gasteiger partial charge is 0.481 e. The van der Waals surface area contributed by atoms with Gasteiger partial charge in [0.05, 0.1) is 66.8 Å². The maximum atomic E-state index is 12.5. The van der Waals surface area contributed by atoms with Gasteiger partial charge in [0, 0.05) is 45.3 Å². The van der Waals surface area contributed by atoms with Crippen molar-refractivity contribution in [3.8, 4) is 0 Å². The van der Waals surface area contributed by atoms with E-state index in [2.05, 4.69) is 26.6 Å². The number of likely N-dealkylation sites (N-methyl/N-ethyl adjacent to an activating group) is 1. The van der Waals surface area contributed by atoms with Crippen LogP contribution in [0.5, 0.6) is 0 Å². The van der Waals surface area contributed by atoms with Crippen molar-refractivity contribution >= 4 is 47.3 Å². The number of ether oxygens (including phenoxy) is 4. The number of ketones is 1. The fourth-order valence-electron chi connectivity index (χ4n) is 6.89. The summed E-state index contributed by atoms with van der Waals surface area (Å²) in [5.74, 6) is -3.10. The van der Waals surface area contributed by atoms with Crippen LogP contribution in [0.4, 0.5) is 0 Å². The van der Waals surface area contributed by atoms with Crippen LogP contribution < -0.4 is 26.6 Å². The van der Waals surface area contributed by atoms with Crippen LogP contribution in [0.3, 0.4) is 0 Å². The van der Waals surface area contributed by atoms with E-state index >= 15 is 0 Å². The van der Waals surface area contributed by atoms with Crippen LogP contribution in [-0.4, -0.2) is 174 Å². The first kappa shape index (κ1) is 63.8. The molecular weight excluding hydrogens is 885 g/mol. The SMILES string of the molecule is CC(=O)CCCCCNC(=O)COCCOCCNC(=O)COCCOCCNC(=O)C[N+](C)(C)CCNC(=O)CCC(NC(=O)CCCCCCCCCCCCCCCCC(=O)O)C(=O)O. The minimum Gasteiger partial charge on any atom is -0.481 e. The number of carbonyl (C=O) groups is 8. The molecule has 68 heavy (non-hydrogen) atoms. The van der Waals surface area contributed by atoms with E-state index in [0.29, 0.717) is 30.4 Å². The van der Waals surface area contributed by atoms with Crippen LogP contribution in [-0.2, 0) is 57.3 Å². The van der Waals surface area contributed by atoms with Crippen LogP contribution in [0.2, 0.25) is 0 Å². The molecule has 394 valence electrons. The molecule has 5 amide bonds. The summed E-state index contributed by atoms with van der Waals surface area (Å²) in [4.78, 5) is 94.3. The number of nitrogens with one attached hydrogen (secondary N) is 5. The second-order valence-corrected chi connectivity index (χ2v) is 17.9. The number of Topliss-reactive ketones (excluding diaryl/α,β-unsaturated/α-hetero) is 1. The average molecular weight is 974 g/mol. The lowest BCUT2D eigenvalue weighted by Crippen LogP contribution is -2.51. The molecule has 20 heteroatoms. The molecule has 0 aromatic carbocycles. The number of hydrogen-bond donors (Lipinski definition) is 7. The topological polar surface area (TPSA) is 274 Å². The summed E-state index contributed by atoms with van der Waals surface area (Å²) in [5.41, 5.74) is 0. The van der Waals surface area contributed by atoms with Gasteiger partial charge < -0.3 is 65.0 Å². The number of hydrogen-bond acceptors (Lipinski definition) is 12. The molecular formula is C48H89N6O14+. The van der Waals surface area contributed by atoms with Crippen molar-refractivity contribution in [3.63, 3.8) is 0 Å². The van der Waals surface area contributed by atoms with Gasteiger partial charge in [-0.3, -0.25) is 28.8 Å². The molecule has 0 aromatic rings. The number of amides is 5. The van der Waals surface area contributed by atoms with Crippen LogP contribution >= 0.6 is 0 Å². The molecule has 0 saturated carbocycles. The highest BCUT2D eigenvalue weighted by Gasteiger charge is 2.23. The number of rotatable bonds is 49. The molecule has 1 atom stereocenters. The van der Waals surface area contributed by atoms with Crippen molar-refractivity contribution in [2.24, 2.45) is 0 Å². The van der Waals surface area contributed by atoms with E-state index in [0.717, 1.165) is 64.2 Å². The molecule has 0 aliphatic carbocycles. The fraction of sp³-hybridized carbons (Fsp3) is 0.833. The van der Waals surface area contributed by atoms with Gasteiger partial charge in [-0.2, -0.15) is 0 Å². The molecule has 0 aliphatic rings. The molecule has 0 aliphatic heterocycles. The molecule has 0 heterocycles. The Kier molecular flexibility index (Phi) is 41.3. The molecule has 0 fully saturated rings. The molecule has 0 rings (SSSR count). The Morgan fingerprint density at radius 2 is 0.868 bits per heavy atom. The van der Waals surface area contributed by atoms with Gasteiger partial charge in [-0.1, -0.05) is 83.5 Å². The lowest BCUT2D eigenvalue weighted by Gasteiger charge is -2.29. The number of carbonyl (C=O) groups excluding carboxylic acids is 6. The molecule has 7 N–H and O–H groups in total. The van der Waals surface area contributed by atoms with Gasteiger partial charge in [-0.05, 0) is 39.0 Å². The highest BCUT2D eigenvalue weighted by Crippen LogP contribution is 2.14. The third kappa shape index (κ3) is 45.5. The molecule has 0 bridgehead atoms. The summed E-state index contributed by atoms with van der Waals surface area (Å²) in [6.45, 7) is 4.84. The van der Waals surface area contributed by atoms with Crippen molar-refractivity contribution < 1.29 is 72.0 Å². The fourth-order valence-corrected chi connectivity index (χ4v) is 6.89. The Labute approximate surface area is 405 Å². The standard InChI is InChI=1S/C48H88N6O14/c1-40(55)21-17-16-20-26-49-45(59)38-67-35-34-66-32-29-52-46(60)39-68-36-33-65-31-28-51-44(58)37-54(2,3)30-27-50-42(56)25-24-41(48(63)64)53-43(57)22-18-14-12-10-8-6-4-5-7-9-11-13-15-19-23-47(61)62/h41H,4-39H2,1-3H3,(H6-,49,50,51,52,53,56,57,58,59,60,61,62,63,64)/p+1. The third-order valence-electron chi connectivity index (χ3n) is 10.8. The van der Waals surface area contributed by atoms with E-state index < -0.39 is 18.0 Å². The summed E-state index contributed by atoms with van der Waals surface area (Å²) in [6, 6.07) is -1.15. The van der Waals surface area contributed by atoms with E-state index in [4.69, 9.17) is 24.1 Å². The molecule has 20 nitrogen and oxygen atoms in total. The maximum absolute atomic E-state index is 12.5. The Hall–Kier alpha value is -4.24. The highest BCUT2D eigenvalue weighted by molar-refractivity contribution is 5.84. The van der Waals surface area contributed by atoms with Gasteiger partial charge in [0.15, 0.2) is 6.54 Å². The number of carboxylic acid groups (broad SMARTS) is 2. The molecule has 1 unspecified atom stereocenters. The van der Waals surface area contributed by atoms with E-state index in [1.807, 2.05) is 14.1 Å². The molecule has 0 spiro atoms. The first-order chi connectivity index (χ1) is 32.6. The summed E-state index contributed by atoms with van der Waals surface area (Å²) >= 11 is 0. The van der Waals surface area contributed by atoms with Crippen molar-refractivity contribution in [3.05, 3.63) is 0 Å². The zero-order valence-corrected chi connectivity index (χ0v) is 41.8. The normalized spacial score (nSPS) is 11.7. The van der Waals surface area contributed by atoms with Crippen LogP contribution in [0.1, 0.15) is 148 Å². The predicted molar refractivity (Wildman–Crippen MR) is 257 cm³/mol. The number of carboxylic acids is 2. The van der Waals surface area contributed by atoms with Crippen molar-refractivity contribution in [2.75, 3.05) is 106 Å². The zero-order valence-electron chi connectivity index (χ0n) is 41.8.